The molecule has 0 radical (unpaired) electrons. The Balaban J connectivity index is 1.52. The van der Waals surface area contributed by atoms with Crippen LogP contribution in [0.2, 0.25) is 0 Å². The lowest BCUT2D eigenvalue weighted by atomic mass is 10.1. The van der Waals surface area contributed by atoms with E-state index >= 15 is 0 Å². The van der Waals surface area contributed by atoms with E-state index in [4.69, 9.17) is 4.74 Å². The van der Waals surface area contributed by atoms with Gasteiger partial charge in [-0.2, -0.15) is 0 Å². The minimum atomic E-state index is -0.778. The first-order valence-electron chi connectivity index (χ1n) is 7.63. The largest absolute Gasteiger partial charge is 0.491 e. The van der Waals surface area contributed by atoms with Crippen LogP contribution in [0.15, 0.2) is 36.8 Å². The molecule has 0 spiro atoms. The Morgan fingerprint density at radius 3 is 2.77 bits per heavy atom. The first-order chi connectivity index (χ1) is 10.5. The van der Waals surface area contributed by atoms with E-state index in [2.05, 4.69) is 9.88 Å². The number of hydrogen-bond acceptors (Lipinski definition) is 4. The van der Waals surface area contributed by atoms with Gasteiger partial charge >= 0.3 is 0 Å². The van der Waals surface area contributed by atoms with E-state index in [1.807, 2.05) is 49.0 Å². The second kappa shape index (κ2) is 6.10. The SMILES string of the molecule is Cc1ccc(OCC2(O)CCN(Cc3cn(C)cn3)C2)cc1. The molecule has 1 unspecified atom stereocenters. The van der Waals surface area contributed by atoms with E-state index < -0.39 is 5.60 Å². The van der Waals surface area contributed by atoms with Gasteiger partial charge in [0.05, 0.1) is 12.0 Å². The van der Waals surface area contributed by atoms with Gasteiger partial charge in [0.25, 0.3) is 0 Å². The van der Waals surface area contributed by atoms with Crippen LogP contribution in [0.4, 0.5) is 0 Å². The molecular weight excluding hydrogens is 278 g/mol. The molecule has 22 heavy (non-hydrogen) atoms. The van der Waals surface area contributed by atoms with E-state index in [9.17, 15) is 5.11 Å². The summed E-state index contributed by atoms with van der Waals surface area (Å²) in [5.41, 5.74) is 1.46. The molecule has 1 saturated heterocycles. The molecule has 1 aromatic carbocycles. The lowest BCUT2D eigenvalue weighted by Gasteiger charge is -2.23. The molecule has 1 aliphatic rings. The molecule has 1 aliphatic heterocycles. The van der Waals surface area contributed by atoms with Gasteiger partial charge in [-0.1, -0.05) is 17.7 Å². The van der Waals surface area contributed by atoms with Crippen molar-refractivity contribution in [2.24, 2.45) is 7.05 Å². The van der Waals surface area contributed by atoms with Crippen LogP contribution in [-0.4, -0.2) is 44.9 Å². The summed E-state index contributed by atoms with van der Waals surface area (Å²) in [5, 5.41) is 10.7. The minimum absolute atomic E-state index is 0.328. The van der Waals surface area contributed by atoms with Gasteiger partial charge in [0.2, 0.25) is 0 Å². The third kappa shape index (κ3) is 3.67. The Morgan fingerprint density at radius 2 is 2.09 bits per heavy atom. The van der Waals surface area contributed by atoms with Crippen LogP contribution in [0, 0.1) is 6.92 Å². The van der Waals surface area contributed by atoms with Gasteiger partial charge in [-0.05, 0) is 25.5 Å². The zero-order chi connectivity index (χ0) is 15.6. The maximum Gasteiger partial charge on any atom is 0.119 e. The number of aromatic nitrogens is 2. The monoisotopic (exact) mass is 301 g/mol. The normalized spacial score (nSPS) is 22.1. The van der Waals surface area contributed by atoms with Gasteiger partial charge in [-0.25, -0.2) is 4.98 Å². The van der Waals surface area contributed by atoms with Crippen LogP contribution >= 0.6 is 0 Å². The zero-order valence-corrected chi connectivity index (χ0v) is 13.2. The van der Waals surface area contributed by atoms with Crippen molar-refractivity contribution in [1.82, 2.24) is 14.5 Å². The van der Waals surface area contributed by atoms with Crippen molar-refractivity contribution in [2.45, 2.75) is 25.5 Å². The second-order valence-electron chi connectivity index (χ2n) is 6.32. The number of hydrogen-bond donors (Lipinski definition) is 1. The Morgan fingerprint density at radius 1 is 1.32 bits per heavy atom. The number of imidazole rings is 1. The Bertz CT molecular complexity index is 623. The van der Waals surface area contributed by atoms with E-state index in [1.165, 1.54) is 5.56 Å². The highest BCUT2D eigenvalue weighted by molar-refractivity contribution is 5.26. The van der Waals surface area contributed by atoms with Gasteiger partial charge in [0.1, 0.15) is 18.0 Å². The molecule has 2 heterocycles. The molecule has 1 aromatic heterocycles. The van der Waals surface area contributed by atoms with Crippen LogP contribution in [0.25, 0.3) is 0 Å². The molecule has 0 saturated carbocycles. The van der Waals surface area contributed by atoms with Gasteiger partial charge in [-0.3, -0.25) is 4.90 Å². The molecule has 1 fully saturated rings. The summed E-state index contributed by atoms with van der Waals surface area (Å²) in [6.45, 7) is 4.63. The Labute approximate surface area is 131 Å². The van der Waals surface area contributed by atoms with E-state index in [-0.39, 0.29) is 0 Å². The van der Waals surface area contributed by atoms with Crippen molar-refractivity contribution in [3.05, 3.63) is 48.0 Å². The van der Waals surface area contributed by atoms with E-state index in [0.29, 0.717) is 13.2 Å². The van der Waals surface area contributed by atoms with Crippen molar-refractivity contribution < 1.29 is 9.84 Å². The predicted molar refractivity (Wildman–Crippen MR) is 84.7 cm³/mol. The summed E-state index contributed by atoms with van der Waals surface area (Å²) < 4.78 is 7.70. The van der Waals surface area contributed by atoms with Crippen molar-refractivity contribution in [2.75, 3.05) is 19.7 Å². The number of aryl methyl sites for hydroxylation is 2. The highest BCUT2D eigenvalue weighted by atomic mass is 16.5. The first-order valence-corrected chi connectivity index (χ1v) is 7.63. The fourth-order valence-electron chi connectivity index (χ4n) is 2.82. The van der Waals surface area contributed by atoms with Crippen molar-refractivity contribution >= 4 is 0 Å². The highest BCUT2D eigenvalue weighted by Gasteiger charge is 2.37. The first kappa shape index (κ1) is 15.1. The summed E-state index contributed by atoms with van der Waals surface area (Å²) in [5.74, 6) is 0.808. The van der Waals surface area contributed by atoms with Gasteiger partial charge in [0, 0.05) is 32.9 Å². The average molecular weight is 301 g/mol. The topological polar surface area (TPSA) is 50.5 Å². The van der Waals surface area contributed by atoms with Crippen molar-refractivity contribution in [1.29, 1.82) is 0 Å². The zero-order valence-electron chi connectivity index (χ0n) is 13.2. The van der Waals surface area contributed by atoms with Crippen LogP contribution < -0.4 is 4.74 Å². The van der Waals surface area contributed by atoms with Gasteiger partial charge in [-0.15, -0.1) is 0 Å². The Hall–Kier alpha value is -1.85. The number of benzene rings is 1. The third-order valence-corrected chi connectivity index (χ3v) is 4.08. The van der Waals surface area contributed by atoms with E-state index in [1.54, 1.807) is 6.33 Å². The summed E-state index contributed by atoms with van der Waals surface area (Å²) in [6, 6.07) is 7.92. The summed E-state index contributed by atoms with van der Waals surface area (Å²) in [7, 11) is 1.96. The maximum absolute atomic E-state index is 10.7. The molecule has 0 bridgehead atoms. The van der Waals surface area contributed by atoms with E-state index in [0.717, 1.165) is 31.0 Å². The molecular formula is C17H23N3O2. The standard InChI is InChI=1S/C17H23N3O2/c1-14-3-5-16(6-4-14)22-12-17(21)7-8-20(11-17)10-15-9-19(2)13-18-15/h3-6,9,13,21H,7-8,10-12H2,1-2H3. The molecule has 0 amide bonds. The smallest absolute Gasteiger partial charge is 0.119 e. The maximum atomic E-state index is 10.7. The van der Waals surface area contributed by atoms with Crippen LogP contribution in [0.1, 0.15) is 17.7 Å². The molecule has 1 N–H and O–H groups in total. The van der Waals surface area contributed by atoms with Crippen molar-refractivity contribution in [3.8, 4) is 5.75 Å². The van der Waals surface area contributed by atoms with Crippen LogP contribution in [-0.2, 0) is 13.6 Å². The molecule has 5 heteroatoms. The quantitative estimate of drug-likeness (QED) is 0.914. The predicted octanol–water partition coefficient (Wildman–Crippen LogP) is 1.74. The van der Waals surface area contributed by atoms with Crippen molar-refractivity contribution in [3.63, 3.8) is 0 Å². The number of β-amino-alcohol motifs (C(OH)–C–C–N with tert-alkyl or cyclic N) is 1. The number of aliphatic hydroxyl groups is 1. The fourth-order valence-corrected chi connectivity index (χ4v) is 2.82. The fraction of sp³-hybridized carbons (Fsp3) is 0.471. The molecule has 0 aliphatic carbocycles. The van der Waals surface area contributed by atoms with Crippen LogP contribution in [0.3, 0.4) is 0 Å². The molecule has 2 aromatic rings. The number of ether oxygens (including phenoxy) is 1. The average Bonchev–Trinajstić information content (AvgIpc) is 3.06. The third-order valence-electron chi connectivity index (χ3n) is 4.08. The minimum Gasteiger partial charge on any atom is -0.491 e. The molecule has 5 nitrogen and oxygen atoms in total. The highest BCUT2D eigenvalue weighted by Crippen LogP contribution is 2.24. The van der Waals surface area contributed by atoms with Crippen LogP contribution in [0.5, 0.6) is 5.75 Å². The molecule has 118 valence electrons. The lowest BCUT2D eigenvalue weighted by molar-refractivity contribution is 0.00331. The molecule has 1 atom stereocenters. The summed E-state index contributed by atoms with van der Waals surface area (Å²) in [4.78, 5) is 6.56. The summed E-state index contributed by atoms with van der Waals surface area (Å²) >= 11 is 0. The number of rotatable bonds is 5. The van der Waals surface area contributed by atoms with Gasteiger partial charge in [0.15, 0.2) is 0 Å². The number of nitrogens with zero attached hydrogens (tertiary/aromatic N) is 3. The molecule has 3 rings (SSSR count). The van der Waals surface area contributed by atoms with Gasteiger partial charge < -0.3 is 14.4 Å². The number of likely N-dealkylation sites (tertiary alicyclic amines) is 1. The lowest BCUT2D eigenvalue weighted by Crippen LogP contribution is -2.39. The second-order valence-corrected chi connectivity index (χ2v) is 6.32. The summed E-state index contributed by atoms with van der Waals surface area (Å²) in [6.07, 6.45) is 4.55. The Kier molecular flexibility index (Phi) is 4.18.